The molecular formula is C27H33N5O2. The minimum absolute atomic E-state index is 0.290. The van der Waals surface area contributed by atoms with Crippen molar-refractivity contribution in [2.45, 2.75) is 38.3 Å². The van der Waals surface area contributed by atoms with E-state index in [4.69, 9.17) is 0 Å². The van der Waals surface area contributed by atoms with E-state index in [1.54, 1.807) is 0 Å². The lowest BCUT2D eigenvalue weighted by molar-refractivity contribution is -0.132. The molecule has 0 radical (unpaired) electrons. The monoisotopic (exact) mass is 459 g/mol. The fraction of sp³-hybridized carbons (Fsp3) is 0.481. The maximum absolute atomic E-state index is 12.4. The molecule has 2 aliphatic heterocycles. The maximum Gasteiger partial charge on any atom is 0.225 e. The first-order chi connectivity index (χ1) is 16.4. The van der Waals surface area contributed by atoms with Crippen LogP contribution in [0.25, 0.3) is 16.6 Å². The number of aromatic nitrogens is 2. The summed E-state index contributed by atoms with van der Waals surface area (Å²) in [5, 5.41) is 15.5. The number of piperazine rings is 1. The number of aliphatic hydroxyl groups is 1. The third-order valence-electron chi connectivity index (χ3n) is 7.76. The molecule has 3 aromatic rings. The summed E-state index contributed by atoms with van der Waals surface area (Å²) >= 11 is 0. The topological polar surface area (TPSA) is 64.3 Å². The van der Waals surface area contributed by atoms with E-state index in [1.807, 2.05) is 15.6 Å². The van der Waals surface area contributed by atoms with Crippen molar-refractivity contribution < 1.29 is 9.90 Å². The molecule has 178 valence electrons. The second kappa shape index (κ2) is 8.10. The second-order valence-corrected chi connectivity index (χ2v) is 10.5. The number of hydrogen-bond donors (Lipinski definition) is 1. The van der Waals surface area contributed by atoms with Crippen LogP contribution in [0.15, 0.2) is 48.8 Å². The number of rotatable bonds is 5. The van der Waals surface area contributed by atoms with Gasteiger partial charge in [-0.2, -0.15) is 5.10 Å². The Labute approximate surface area is 200 Å². The number of amides is 1. The molecule has 34 heavy (non-hydrogen) atoms. The summed E-state index contributed by atoms with van der Waals surface area (Å²) in [6, 6.07) is 13.0. The minimum atomic E-state index is -0.744. The van der Waals surface area contributed by atoms with Gasteiger partial charge in [-0.05, 0) is 49.9 Å². The molecule has 4 heterocycles. The lowest BCUT2D eigenvalue weighted by Gasteiger charge is -2.49. The molecule has 3 fully saturated rings. The zero-order chi connectivity index (χ0) is 23.4. The van der Waals surface area contributed by atoms with Crippen molar-refractivity contribution >= 4 is 17.1 Å². The van der Waals surface area contributed by atoms with Crippen LogP contribution in [0.2, 0.25) is 0 Å². The van der Waals surface area contributed by atoms with Gasteiger partial charge in [-0.15, -0.1) is 0 Å². The van der Waals surface area contributed by atoms with Crippen LogP contribution in [-0.2, 0) is 10.4 Å². The predicted octanol–water partition coefficient (Wildman–Crippen LogP) is 2.97. The molecule has 2 aromatic heterocycles. The van der Waals surface area contributed by atoms with E-state index in [1.165, 1.54) is 0 Å². The van der Waals surface area contributed by atoms with Crippen molar-refractivity contribution in [3.63, 3.8) is 0 Å². The van der Waals surface area contributed by atoms with Gasteiger partial charge in [0.1, 0.15) is 5.60 Å². The lowest BCUT2D eigenvalue weighted by Crippen LogP contribution is -2.61. The third kappa shape index (κ3) is 3.77. The Morgan fingerprint density at radius 3 is 2.38 bits per heavy atom. The van der Waals surface area contributed by atoms with Gasteiger partial charge in [0.25, 0.3) is 0 Å². The molecule has 1 amide bonds. The average molecular weight is 460 g/mol. The lowest BCUT2D eigenvalue weighted by atomic mass is 9.84. The van der Waals surface area contributed by atoms with Crippen LogP contribution >= 0.6 is 0 Å². The Kier molecular flexibility index (Phi) is 5.15. The zero-order valence-corrected chi connectivity index (χ0v) is 20.0. The first kappa shape index (κ1) is 21.6. The van der Waals surface area contributed by atoms with E-state index in [9.17, 15) is 9.90 Å². The molecule has 1 aliphatic carbocycles. The highest BCUT2D eigenvalue weighted by molar-refractivity contribution is 5.82. The van der Waals surface area contributed by atoms with E-state index < -0.39 is 5.60 Å². The van der Waals surface area contributed by atoms with Gasteiger partial charge in [-0.3, -0.25) is 9.69 Å². The standard InChI is InChI=1S/C27H33N5O2/c1-19(2)31-17-27(34,18-31)23-7-5-20(6-8-23)22-15-25-24(9-10-28-32(25)16-22)29-11-13-30(14-12-29)26(33)21-3-4-21/h5-10,15-16,19,21,34H,3-4,11-14,17-18H2,1-2H3. The molecule has 0 spiro atoms. The van der Waals surface area contributed by atoms with E-state index >= 15 is 0 Å². The molecule has 0 bridgehead atoms. The first-order valence-electron chi connectivity index (χ1n) is 12.5. The fourth-order valence-corrected chi connectivity index (χ4v) is 5.33. The summed E-state index contributed by atoms with van der Waals surface area (Å²) in [4.78, 5) is 19.1. The second-order valence-electron chi connectivity index (χ2n) is 10.5. The van der Waals surface area contributed by atoms with Gasteiger partial charge >= 0.3 is 0 Å². The van der Waals surface area contributed by atoms with Crippen molar-refractivity contribution in [3.05, 3.63) is 54.4 Å². The van der Waals surface area contributed by atoms with Crippen molar-refractivity contribution in [2.24, 2.45) is 5.92 Å². The maximum atomic E-state index is 12.4. The number of anilines is 1. The summed E-state index contributed by atoms with van der Waals surface area (Å²) in [6.07, 6.45) is 6.05. The highest BCUT2D eigenvalue weighted by atomic mass is 16.3. The summed E-state index contributed by atoms with van der Waals surface area (Å²) in [6.45, 7) is 8.97. The summed E-state index contributed by atoms with van der Waals surface area (Å²) in [7, 11) is 0. The Hall–Kier alpha value is -2.90. The average Bonchev–Trinajstić information content (AvgIpc) is 3.59. The molecule has 7 heteroatoms. The van der Waals surface area contributed by atoms with Gasteiger partial charge in [0.15, 0.2) is 0 Å². The van der Waals surface area contributed by atoms with Crippen LogP contribution in [0.1, 0.15) is 32.3 Å². The molecule has 7 nitrogen and oxygen atoms in total. The highest BCUT2D eigenvalue weighted by Crippen LogP contribution is 2.35. The number of β-amino-alcohol motifs (C(OH)–C–C–N with tert-alkyl or cyclic N) is 1. The Morgan fingerprint density at radius 2 is 1.74 bits per heavy atom. The molecular weight excluding hydrogens is 426 g/mol. The number of likely N-dealkylation sites (tertiary alicyclic amines) is 1. The molecule has 2 saturated heterocycles. The fourth-order valence-electron chi connectivity index (χ4n) is 5.33. The summed E-state index contributed by atoms with van der Waals surface area (Å²) in [5.41, 5.74) is 4.70. The molecule has 1 N–H and O–H groups in total. The molecule has 1 saturated carbocycles. The van der Waals surface area contributed by atoms with E-state index in [0.717, 1.165) is 66.9 Å². The van der Waals surface area contributed by atoms with Crippen molar-refractivity contribution in [1.29, 1.82) is 0 Å². The van der Waals surface area contributed by atoms with Crippen LogP contribution in [-0.4, -0.2) is 75.7 Å². The zero-order valence-electron chi connectivity index (χ0n) is 20.0. The molecule has 0 atom stereocenters. The molecule has 6 rings (SSSR count). The van der Waals surface area contributed by atoms with Gasteiger partial charge in [0.2, 0.25) is 5.91 Å². The van der Waals surface area contributed by atoms with Gasteiger partial charge in [0.05, 0.1) is 11.2 Å². The van der Waals surface area contributed by atoms with Crippen molar-refractivity contribution in [1.82, 2.24) is 19.4 Å². The summed E-state index contributed by atoms with van der Waals surface area (Å²) < 4.78 is 1.94. The van der Waals surface area contributed by atoms with E-state index in [-0.39, 0.29) is 5.92 Å². The number of fused-ring (bicyclic) bond motifs is 1. The Bertz CT molecular complexity index is 1200. The Balaban J connectivity index is 1.20. The van der Waals surface area contributed by atoms with E-state index in [0.29, 0.717) is 25.0 Å². The van der Waals surface area contributed by atoms with Crippen molar-refractivity contribution in [3.8, 4) is 11.1 Å². The quantitative estimate of drug-likeness (QED) is 0.636. The number of nitrogens with zero attached hydrogens (tertiary/aromatic N) is 5. The molecule has 0 unspecified atom stereocenters. The Morgan fingerprint density at radius 1 is 1.03 bits per heavy atom. The minimum Gasteiger partial charge on any atom is -0.382 e. The third-order valence-corrected chi connectivity index (χ3v) is 7.76. The first-order valence-corrected chi connectivity index (χ1v) is 12.5. The number of carbonyl (C=O) groups is 1. The smallest absolute Gasteiger partial charge is 0.225 e. The van der Waals surface area contributed by atoms with Crippen LogP contribution in [0.4, 0.5) is 5.69 Å². The molecule has 1 aromatic carbocycles. The van der Waals surface area contributed by atoms with Gasteiger partial charge < -0.3 is 14.9 Å². The predicted molar refractivity (Wildman–Crippen MR) is 133 cm³/mol. The van der Waals surface area contributed by atoms with E-state index in [2.05, 4.69) is 71.3 Å². The number of hydrogen-bond acceptors (Lipinski definition) is 5. The highest BCUT2D eigenvalue weighted by Gasteiger charge is 2.43. The number of benzene rings is 1. The van der Waals surface area contributed by atoms with Crippen LogP contribution in [0.3, 0.4) is 0 Å². The van der Waals surface area contributed by atoms with Crippen LogP contribution < -0.4 is 4.90 Å². The van der Waals surface area contributed by atoms with Gasteiger partial charge in [-0.1, -0.05) is 24.3 Å². The van der Waals surface area contributed by atoms with Crippen LogP contribution in [0, 0.1) is 5.92 Å². The largest absolute Gasteiger partial charge is 0.382 e. The molecule has 3 aliphatic rings. The van der Waals surface area contributed by atoms with Crippen LogP contribution in [0.5, 0.6) is 0 Å². The normalized spacial score (nSPS) is 20.7. The SMILES string of the molecule is CC(C)N1CC(O)(c2ccc(-c3cc4c(N5CCN(C(=O)C6CC6)CC5)ccnn4c3)cc2)C1. The number of carbonyl (C=O) groups excluding carboxylic acids is 1. The van der Waals surface area contributed by atoms with Crippen molar-refractivity contribution in [2.75, 3.05) is 44.2 Å². The summed E-state index contributed by atoms with van der Waals surface area (Å²) in [5.74, 6) is 0.634. The van der Waals surface area contributed by atoms with Gasteiger partial charge in [0, 0.05) is 69.2 Å². The van der Waals surface area contributed by atoms with Gasteiger partial charge in [-0.25, -0.2) is 4.52 Å².